The number of carbonyl (C=O) groups excluding carboxylic acids is 2. The van der Waals surface area contributed by atoms with Crippen LogP contribution in [0.15, 0.2) is 78.9 Å². The zero-order chi connectivity index (χ0) is 22.9. The number of benzene rings is 3. The van der Waals surface area contributed by atoms with E-state index in [0.717, 1.165) is 27.8 Å². The largest absolute Gasteiger partial charge is 0.343 e. The van der Waals surface area contributed by atoms with Crippen LogP contribution < -0.4 is 10.6 Å². The SMILES string of the molecule is Cc1cc(C)cc(C[C@@H](NC(=O)C(c2ccccc2)c2ccccc2)C(=O)NCC#N)c1. The summed E-state index contributed by atoms with van der Waals surface area (Å²) in [5.41, 5.74) is 4.83. The van der Waals surface area contributed by atoms with Crippen LogP contribution in [0.3, 0.4) is 0 Å². The number of hydrogen-bond donors (Lipinski definition) is 2. The van der Waals surface area contributed by atoms with E-state index in [2.05, 4.69) is 16.7 Å². The third-order valence-electron chi connectivity index (χ3n) is 5.22. The van der Waals surface area contributed by atoms with Crippen LogP contribution in [0.2, 0.25) is 0 Å². The average molecular weight is 426 g/mol. The zero-order valence-corrected chi connectivity index (χ0v) is 18.3. The van der Waals surface area contributed by atoms with Gasteiger partial charge in [0, 0.05) is 6.42 Å². The maximum atomic E-state index is 13.5. The lowest BCUT2D eigenvalue weighted by atomic mass is 9.90. The molecule has 3 aromatic carbocycles. The van der Waals surface area contributed by atoms with Gasteiger partial charge in [-0.2, -0.15) is 5.26 Å². The van der Waals surface area contributed by atoms with Gasteiger partial charge in [0.05, 0.1) is 12.0 Å². The molecule has 32 heavy (non-hydrogen) atoms. The third-order valence-corrected chi connectivity index (χ3v) is 5.22. The molecule has 2 amide bonds. The number of aryl methyl sites for hydroxylation is 2. The smallest absolute Gasteiger partial charge is 0.243 e. The van der Waals surface area contributed by atoms with Crippen LogP contribution >= 0.6 is 0 Å². The molecule has 0 radical (unpaired) electrons. The fourth-order valence-corrected chi connectivity index (χ4v) is 3.92. The Kier molecular flexibility index (Phi) is 7.77. The van der Waals surface area contributed by atoms with Gasteiger partial charge in [-0.05, 0) is 30.5 Å². The summed E-state index contributed by atoms with van der Waals surface area (Å²) in [5.74, 6) is -1.19. The second-order valence-corrected chi connectivity index (χ2v) is 7.89. The molecule has 3 rings (SSSR count). The lowest BCUT2D eigenvalue weighted by molar-refractivity contribution is -0.129. The van der Waals surface area contributed by atoms with Crippen molar-refractivity contribution in [2.45, 2.75) is 32.2 Å². The normalized spacial score (nSPS) is 11.4. The van der Waals surface area contributed by atoms with Gasteiger partial charge in [0.25, 0.3) is 0 Å². The Bertz CT molecular complexity index is 1050. The van der Waals surface area contributed by atoms with Crippen molar-refractivity contribution in [1.29, 1.82) is 5.26 Å². The molecule has 1 atom stereocenters. The molecule has 5 heteroatoms. The van der Waals surface area contributed by atoms with E-state index >= 15 is 0 Å². The Hall–Kier alpha value is -3.91. The Labute approximate surface area is 189 Å². The maximum Gasteiger partial charge on any atom is 0.243 e. The molecular formula is C27H27N3O2. The molecule has 0 fully saturated rings. The van der Waals surface area contributed by atoms with E-state index in [1.165, 1.54) is 0 Å². The van der Waals surface area contributed by atoms with Crippen molar-refractivity contribution in [2.24, 2.45) is 0 Å². The van der Waals surface area contributed by atoms with Crippen LogP contribution in [0.1, 0.15) is 33.7 Å². The minimum Gasteiger partial charge on any atom is -0.343 e. The number of nitriles is 1. The molecule has 5 nitrogen and oxygen atoms in total. The van der Waals surface area contributed by atoms with E-state index in [1.807, 2.05) is 92.7 Å². The van der Waals surface area contributed by atoms with Gasteiger partial charge in [-0.25, -0.2) is 0 Å². The predicted octanol–water partition coefficient (Wildman–Crippen LogP) is 3.80. The van der Waals surface area contributed by atoms with Crippen molar-refractivity contribution < 1.29 is 9.59 Å². The topological polar surface area (TPSA) is 82.0 Å². The third kappa shape index (κ3) is 6.05. The first-order valence-electron chi connectivity index (χ1n) is 10.6. The van der Waals surface area contributed by atoms with Crippen molar-refractivity contribution >= 4 is 11.8 Å². The molecule has 0 aliphatic rings. The van der Waals surface area contributed by atoms with Crippen molar-refractivity contribution in [3.05, 3.63) is 107 Å². The van der Waals surface area contributed by atoms with Gasteiger partial charge in [0.2, 0.25) is 11.8 Å². The molecular weight excluding hydrogens is 398 g/mol. The predicted molar refractivity (Wildman–Crippen MR) is 125 cm³/mol. The summed E-state index contributed by atoms with van der Waals surface area (Å²) in [6.07, 6.45) is 0.335. The quantitative estimate of drug-likeness (QED) is 0.539. The number of nitrogens with zero attached hydrogens (tertiary/aromatic N) is 1. The fraction of sp³-hybridized carbons (Fsp3) is 0.222. The first kappa shape index (κ1) is 22.8. The molecule has 162 valence electrons. The number of amides is 2. The Morgan fingerprint density at radius 3 is 1.88 bits per heavy atom. The van der Waals surface area contributed by atoms with E-state index in [-0.39, 0.29) is 18.4 Å². The molecule has 0 unspecified atom stereocenters. The summed E-state index contributed by atoms with van der Waals surface area (Å²) in [7, 11) is 0. The second kappa shape index (κ2) is 10.9. The van der Waals surface area contributed by atoms with Gasteiger partial charge < -0.3 is 10.6 Å². The van der Waals surface area contributed by atoms with Gasteiger partial charge in [-0.3, -0.25) is 9.59 Å². The van der Waals surface area contributed by atoms with Gasteiger partial charge >= 0.3 is 0 Å². The van der Waals surface area contributed by atoms with Gasteiger partial charge in [0.15, 0.2) is 0 Å². The van der Waals surface area contributed by atoms with Crippen LogP contribution in [0, 0.1) is 25.2 Å². The van der Waals surface area contributed by atoms with Crippen molar-refractivity contribution in [3.8, 4) is 6.07 Å². The summed E-state index contributed by atoms with van der Waals surface area (Å²) >= 11 is 0. The Morgan fingerprint density at radius 1 is 0.844 bits per heavy atom. The number of carbonyl (C=O) groups is 2. The maximum absolute atomic E-state index is 13.5. The van der Waals surface area contributed by atoms with E-state index in [9.17, 15) is 9.59 Å². The minimum absolute atomic E-state index is 0.112. The molecule has 0 saturated carbocycles. The molecule has 0 saturated heterocycles. The first-order chi connectivity index (χ1) is 15.5. The van der Waals surface area contributed by atoms with Crippen molar-refractivity contribution in [3.63, 3.8) is 0 Å². The van der Waals surface area contributed by atoms with Crippen LogP contribution in [-0.2, 0) is 16.0 Å². The van der Waals surface area contributed by atoms with Gasteiger partial charge in [-0.15, -0.1) is 0 Å². The summed E-state index contributed by atoms with van der Waals surface area (Å²) in [4.78, 5) is 26.3. The molecule has 0 heterocycles. The van der Waals surface area contributed by atoms with E-state index < -0.39 is 12.0 Å². The summed E-state index contributed by atoms with van der Waals surface area (Å²) in [5, 5.41) is 14.4. The highest BCUT2D eigenvalue weighted by Gasteiger charge is 2.28. The van der Waals surface area contributed by atoms with Crippen LogP contribution in [0.4, 0.5) is 0 Å². The molecule has 3 aromatic rings. The molecule has 0 aromatic heterocycles. The van der Waals surface area contributed by atoms with E-state index in [0.29, 0.717) is 6.42 Å². The molecule has 0 bridgehead atoms. The number of hydrogen-bond acceptors (Lipinski definition) is 3. The van der Waals surface area contributed by atoms with Crippen LogP contribution in [0.25, 0.3) is 0 Å². The summed E-state index contributed by atoms with van der Waals surface area (Å²) in [6.45, 7) is 3.89. The lowest BCUT2D eigenvalue weighted by Gasteiger charge is -2.23. The zero-order valence-electron chi connectivity index (χ0n) is 18.3. The summed E-state index contributed by atoms with van der Waals surface area (Å²) < 4.78 is 0. The van der Waals surface area contributed by atoms with E-state index in [1.54, 1.807) is 0 Å². The fourth-order valence-electron chi connectivity index (χ4n) is 3.92. The van der Waals surface area contributed by atoms with Crippen LogP contribution in [0.5, 0.6) is 0 Å². The monoisotopic (exact) mass is 425 g/mol. The molecule has 2 N–H and O–H groups in total. The van der Waals surface area contributed by atoms with E-state index in [4.69, 9.17) is 5.26 Å². The van der Waals surface area contributed by atoms with Crippen LogP contribution in [-0.4, -0.2) is 24.4 Å². The molecule has 0 spiro atoms. The number of nitrogens with one attached hydrogen (secondary N) is 2. The highest BCUT2D eigenvalue weighted by molar-refractivity contribution is 5.92. The van der Waals surface area contributed by atoms with Crippen molar-refractivity contribution in [2.75, 3.05) is 6.54 Å². The average Bonchev–Trinajstić information content (AvgIpc) is 2.78. The lowest BCUT2D eigenvalue weighted by Crippen LogP contribution is -2.49. The Balaban J connectivity index is 1.91. The minimum atomic E-state index is -0.799. The summed E-state index contributed by atoms with van der Waals surface area (Å²) in [6, 6.07) is 26.2. The van der Waals surface area contributed by atoms with Gasteiger partial charge in [0.1, 0.15) is 12.6 Å². The standard InChI is InChI=1S/C27H27N3O2/c1-19-15-20(2)17-21(16-19)18-24(26(31)29-14-13-28)30-27(32)25(22-9-5-3-6-10-22)23-11-7-4-8-12-23/h3-12,15-17,24-25H,14,18H2,1-2H3,(H,29,31)(H,30,32)/t24-/m1/s1. The Morgan fingerprint density at radius 2 is 1.38 bits per heavy atom. The highest BCUT2D eigenvalue weighted by atomic mass is 16.2. The highest BCUT2D eigenvalue weighted by Crippen LogP contribution is 2.25. The second-order valence-electron chi connectivity index (χ2n) is 7.89. The first-order valence-corrected chi connectivity index (χ1v) is 10.6. The van der Waals surface area contributed by atoms with Crippen molar-refractivity contribution in [1.82, 2.24) is 10.6 Å². The molecule has 0 aliphatic carbocycles. The van der Waals surface area contributed by atoms with Gasteiger partial charge in [-0.1, -0.05) is 90.0 Å². The molecule has 0 aliphatic heterocycles. The number of rotatable bonds is 8.